The summed E-state index contributed by atoms with van der Waals surface area (Å²) in [5.41, 5.74) is 0. The van der Waals surface area contributed by atoms with Crippen molar-refractivity contribution < 1.29 is 14.7 Å². The second kappa shape index (κ2) is 6.43. The molecule has 114 valence electrons. The monoisotopic (exact) mass is 283 g/mol. The van der Waals surface area contributed by atoms with E-state index >= 15 is 0 Å². The molecule has 0 aromatic heterocycles. The summed E-state index contributed by atoms with van der Waals surface area (Å²) in [5.74, 6) is -0.932. The lowest BCUT2D eigenvalue weighted by Gasteiger charge is -2.37. The van der Waals surface area contributed by atoms with Gasteiger partial charge in [0.05, 0.1) is 5.92 Å². The van der Waals surface area contributed by atoms with Gasteiger partial charge in [-0.15, -0.1) is 0 Å². The smallest absolute Gasteiger partial charge is 0.317 e. The Hall–Kier alpha value is -1.30. The number of hydrogen-bond donors (Lipinski definition) is 2. The number of carbonyl (C=O) groups excluding carboxylic acids is 1. The molecule has 1 saturated carbocycles. The number of nitrogens with zero attached hydrogens (tertiary/aromatic N) is 2. The van der Waals surface area contributed by atoms with Crippen LogP contribution >= 0.6 is 0 Å². The number of nitrogens with one attached hydrogen (secondary N) is 1. The number of likely N-dealkylation sites (N-methyl/N-ethyl adjacent to an activating group) is 1. The Labute approximate surface area is 120 Å². The van der Waals surface area contributed by atoms with Crippen molar-refractivity contribution in [2.45, 2.75) is 32.2 Å². The summed E-state index contributed by atoms with van der Waals surface area (Å²) < 4.78 is 0. The quantitative estimate of drug-likeness (QED) is 0.805. The Bertz CT molecular complexity index is 375. The lowest BCUT2D eigenvalue weighted by atomic mass is 9.96. The minimum absolute atomic E-state index is 0.0546. The van der Waals surface area contributed by atoms with Gasteiger partial charge in [0.2, 0.25) is 0 Å². The predicted octanol–water partition coefficient (Wildman–Crippen LogP) is 0.833. The molecule has 2 fully saturated rings. The molecule has 3 atom stereocenters. The molecule has 0 aromatic carbocycles. The molecule has 3 unspecified atom stereocenters. The Balaban J connectivity index is 1.79. The van der Waals surface area contributed by atoms with Gasteiger partial charge in [0, 0.05) is 32.2 Å². The van der Waals surface area contributed by atoms with Crippen molar-refractivity contribution in [1.82, 2.24) is 15.1 Å². The second-order valence-corrected chi connectivity index (χ2v) is 6.10. The van der Waals surface area contributed by atoms with E-state index in [2.05, 4.69) is 24.2 Å². The van der Waals surface area contributed by atoms with Crippen LogP contribution in [0, 0.1) is 11.8 Å². The summed E-state index contributed by atoms with van der Waals surface area (Å²) in [5, 5.41) is 12.1. The van der Waals surface area contributed by atoms with Crippen LogP contribution in [0.2, 0.25) is 0 Å². The number of urea groups is 1. The summed E-state index contributed by atoms with van der Waals surface area (Å²) in [6.45, 7) is 4.94. The van der Waals surface area contributed by atoms with E-state index in [0.717, 1.165) is 38.9 Å². The number of carboxylic acids is 1. The molecule has 6 nitrogen and oxygen atoms in total. The van der Waals surface area contributed by atoms with Crippen LogP contribution < -0.4 is 5.32 Å². The minimum Gasteiger partial charge on any atom is -0.481 e. The molecule has 2 amide bonds. The molecule has 2 N–H and O–H groups in total. The van der Waals surface area contributed by atoms with E-state index in [9.17, 15) is 9.59 Å². The highest BCUT2D eigenvalue weighted by molar-refractivity contribution is 5.75. The number of piperazine rings is 1. The van der Waals surface area contributed by atoms with Gasteiger partial charge in [-0.3, -0.25) is 4.79 Å². The van der Waals surface area contributed by atoms with Crippen molar-refractivity contribution in [3.63, 3.8) is 0 Å². The number of aliphatic carboxylic acids is 1. The van der Waals surface area contributed by atoms with Gasteiger partial charge in [-0.05, 0) is 32.7 Å². The van der Waals surface area contributed by atoms with Crippen molar-refractivity contribution in [3.05, 3.63) is 0 Å². The van der Waals surface area contributed by atoms with E-state index < -0.39 is 5.97 Å². The first kappa shape index (κ1) is 15.1. The fourth-order valence-corrected chi connectivity index (χ4v) is 3.17. The summed E-state index contributed by atoms with van der Waals surface area (Å²) in [6.07, 6.45) is 2.58. The Morgan fingerprint density at radius 1 is 1.30 bits per heavy atom. The topological polar surface area (TPSA) is 72.9 Å². The lowest BCUT2D eigenvalue weighted by molar-refractivity contribution is -0.142. The Morgan fingerprint density at radius 3 is 2.70 bits per heavy atom. The first-order valence-corrected chi connectivity index (χ1v) is 7.45. The van der Waals surface area contributed by atoms with Crippen molar-refractivity contribution in [1.29, 1.82) is 0 Å². The number of carboxylic acid groups (broad SMARTS) is 1. The third-order valence-corrected chi connectivity index (χ3v) is 4.74. The standard InChI is InChI=1S/C14H25N3O3/c1-10-9-17(7-6-16(10)2)14(20)15-8-11-4-3-5-12(11)13(18)19/h10-12H,3-9H2,1-2H3,(H,15,20)(H,18,19). The molecule has 1 aliphatic carbocycles. The van der Waals surface area contributed by atoms with Crippen LogP contribution in [0.15, 0.2) is 0 Å². The van der Waals surface area contributed by atoms with Crippen LogP contribution in [0.5, 0.6) is 0 Å². The lowest BCUT2D eigenvalue weighted by Crippen LogP contribution is -2.55. The molecule has 0 radical (unpaired) electrons. The zero-order chi connectivity index (χ0) is 14.7. The van der Waals surface area contributed by atoms with Crippen LogP contribution in [0.25, 0.3) is 0 Å². The molecule has 20 heavy (non-hydrogen) atoms. The van der Waals surface area contributed by atoms with Crippen LogP contribution in [-0.4, -0.2) is 66.2 Å². The van der Waals surface area contributed by atoms with Gasteiger partial charge in [0.25, 0.3) is 0 Å². The third-order valence-electron chi connectivity index (χ3n) is 4.74. The SMILES string of the molecule is CC1CN(C(=O)NCC2CCCC2C(=O)O)CCN1C. The number of rotatable bonds is 3. The van der Waals surface area contributed by atoms with Gasteiger partial charge in [0.15, 0.2) is 0 Å². The third kappa shape index (κ3) is 3.42. The van der Waals surface area contributed by atoms with Crippen molar-refractivity contribution >= 4 is 12.0 Å². The average Bonchev–Trinajstić information content (AvgIpc) is 2.87. The van der Waals surface area contributed by atoms with Crippen molar-refractivity contribution in [2.24, 2.45) is 11.8 Å². The zero-order valence-electron chi connectivity index (χ0n) is 12.3. The van der Waals surface area contributed by atoms with Gasteiger partial charge in [-0.1, -0.05) is 6.42 Å². The van der Waals surface area contributed by atoms with Gasteiger partial charge in [-0.2, -0.15) is 0 Å². The Kier molecular flexibility index (Phi) is 4.86. The molecule has 1 saturated heterocycles. The van der Waals surface area contributed by atoms with Gasteiger partial charge >= 0.3 is 12.0 Å². The van der Waals surface area contributed by atoms with Crippen LogP contribution in [-0.2, 0) is 4.79 Å². The van der Waals surface area contributed by atoms with Gasteiger partial charge in [0.1, 0.15) is 0 Å². The molecule has 2 rings (SSSR count). The fraction of sp³-hybridized carbons (Fsp3) is 0.857. The predicted molar refractivity (Wildman–Crippen MR) is 75.5 cm³/mol. The van der Waals surface area contributed by atoms with Crippen molar-refractivity contribution in [2.75, 3.05) is 33.2 Å². The maximum Gasteiger partial charge on any atom is 0.317 e. The van der Waals surface area contributed by atoms with Crippen LogP contribution in [0.4, 0.5) is 4.79 Å². The maximum absolute atomic E-state index is 12.1. The minimum atomic E-state index is -0.727. The highest BCUT2D eigenvalue weighted by Gasteiger charge is 2.33. The van der Waals surface area contributed by atoms with Gasteiger partial charge in [-0.25, -0.2) is 4.79 Å². The highest BCUT2D eigenvalue weighted by Crippen LogP contribution is 2.31. The molecule has 0 aromatic rings. The zero-order valence-corrected chi connectivity index (χ0v) is 12.3. The summed E-state index contributed by atoms with van der Waals surface area (Å²) >= 11 is 0. The molecule has 6 heteroatoms. The van der Waals surface area contributed by atoms with Gasteiger partial charge < -0.3 is 20.2 Å². The largest absolute Gasteiger partial charge is 0.481 e. The molecule has 1 aliphatic heterocycles. The molecule has 0 bridgehead atoms. The fourth-order valence-electron chi connectivity index (χ4n) is 3.17. The van der Waals surface area contributed by atoms with E-state index in [0.29, 0.717) is 12.6 Å². The van der Waals surface area contributed by atoms with E-state index in [1.54, 1.807) is 0 Å². The van der Waals surface area contributed by atoms with E-state index in [-0.39, 0.29) is 17.9 Å². The average molecular weight is 283 g/mol. The van der Waals surface area contributed by atoms with E-state index in [1.807, 2.05) is 4.90 Å². The molecular weight excluding hydrogens is 258 g/mol. The summed E-state index contributed by atoms with van der Waals surface area (Å²) in [7, 11) is 2.07. The van der Waals surface area contributed by atoms with Crippen LogP contribution in [0.1, 0.15) is 26.2 Å². The molecule has 2 aliphatic rings. The Morgan fingerprint density at radius 2 is 2.05 bits per heavy atom. The maximum atomic E-state index is 12.1. The van der Waals surface area contributed by atoms with Crippen LogP contribution in [0.3, 0.4) is 0 Å². The number of carbonyl (C=O) groups is 2. The normalized spacial score (nSPS) is 31.3. The van der Waals surface area contributed by atoms with Crippen molar-refractivity contribution in [3.8, 4) is 0 Å². The van der Waals surface area contributed by atoms with E-state index in [1.165, 1.54) is 0 Å². The highest BCUT2D eigenvalue weighted by atomic mass is 16.4. The number of amides is 2. The number of hydrogen-bond acceptors (Lipinski definition) is 3. The molecule has 1 heterocycles. The first-order chi connectivity index (χ1) is 9.49. The molecular formula is C14H25N3O3. The summed E-state index contributed by atoms with van der Waals surface area (Å²) in [4.78, 5) is 27.3. The second-order valence-electron chi connectivity index (χ2n) is 6.10. The first-order valence-electron chi connectivity index (χ1n) is 7.45. The molecule has 0 spiro atoms. The summed E-state index contributed by atoms with van der Waals surface area (Å²) in [6, 6.07) is 0.314. The van der Waals surface area contributed by atoms with E-state index in [4.69, 9.17) is 5.11 Å².